The molecule has 3 N–H and O–H groups in total. The van der Waals surface area contributed by atoms with Crippen molar-refractivity contribution in [1.82, 2.24) is 5.32 Å². The lowest BCUT2D eigenvalue weighted by atomic mass is 9.99. The number of nitrogens with one attached hydrogen (secondary N) is 2. The molecule has 2 atom stereocenters. The van der Waals surface area contributed by atoms with E-state index in [0.717, 1.165) is 22.7 Å². The van der Waals surface area contributed by atoms with Gasteiger partial charge in [0.15, 0.2) is 0 Å². The summed E-state index contributed by atoms with van der Waals surface area (Å²) in [5.74, 6) is 0.684. The first-order valence-electron chi connectivity index (χ1n) is 6.86. The van der Waals surface area contributed by atoms with Crippen molar-refractivity contribution in [3.63, 3.8) is 0 Å². The van der Waals surface area contributed by atoms with Gasteiger partial charge in [-0.05, 0) is 25.1 Å². The van der Waals surface area contributed by atoms with Crippen LogP contribution in [0.2, 0.25) is 0 Å². The molecule has 3 rings (SSSR count). The number of alkyl halides is 3. The molecular formula is C15H15F3N2O2S. The van der Waals surface area contributed by atoms with Crippen molar-refractivity contribution in [2.24, 2.45) is 0 Å². The second kappa shape index (κ2) is 5.59. The third-order valence-electron chi connectivity index (χ3n) is 3.82. The first kappa shape index (κ1) is 15.9. The van der Waals surface area contributed by atoms with Gasteiger partial charge >= 0.3 is 6.18 Å². The maximum absolute atomic E-state index is 12.7. The number of anilines is 1. The molecule has 23 heavy (non-hydrogen) atoms. The maximum atomic E-state index is 12.7. The van der Waals surface area contributed by atoms with Gasteiger partial charge in [-0.3, -0.25) is 0 Å². The largest absolute Gasteiger partial charge is 0.508 e. The van der Waals surface area contributed by atoms with E-state index in [0.29, 0.717) is 17.0 Å². The van der Waals surface area contributed by atoms with E-state index in [-0.39, 0.29) is 5.76 Å². The van der Waals surface area contributed by atoms with Crippen LogP contribution in [0, 0.1) is 6.92 Å². The van der Waals surface area contributed by atoms with Crippen LogP contribution in [0.3, 0.4) is 0 Å². The molecule has 8 heteroatoms. The van der Waals surface area contributed by atoms with Crippen molar-refractivity contribution in [2.75, 3.05) is 12.4 Å². The number of ether oxygens (including phenoxy) is 1. The van der Waals surface area contributed by atoms with Crippen molar-refractivity contribution in [3.8, 4) is 5.75 Å². The van der Waals surface area contributed by atoms with Gasteiger partial charge in [-0.2, -0.15) is 13.2 Å². The number of halogens is 3. The molecule has 0 fully saturated rings. The van der Waals surface area contributed by atoms with E-state index in [2.05, 4.69) is 10.6 Å². The van der Waals surface area contributed by atoms with Crippen molar-refractivity contribution in [1.29, 1.82) is 0 Å². The highest BCUT2D eigenvalue weighted by Gasteiger charge is 2.40. The van der Waals surface area contributed by atoms with Gasteiger partial charge in [0.25, 0.3) is 0 Å². The van der Waals surface area contributed by atoms with Crippen molar-refractivity contribution < 1.29 is 23.0 Å². The number of aliphatic hydroxyl groups is 1. The summed E-state index contributed by atoms with van der Waals surface area (Å²) in [6, 6.07) is 2.96. The SMILES string of the molecule is COc1ccc2c(c1C)NC(C1NC(C(F)(F)F)=CS1)C=C2O. The first-order valence-corrected chi connectivity index (χ1v) is 7.80. The zero-order chi connectivity index (χ0) is 16.8. The van der Waals surface area contributed by atoms with Crippen molar-refractivity contribution >= 4 is 23.2 Å². The summed E-state index contributed by atoms with van der Waals surface area (Å²) in [6.45, 7) is 1.83. The number of aliphatic hydroxyl groups excluding tert-OH is 1. The molecule has 0 saturated heterocycles. The molecule has 4 nitrogen and oxygen atoms in total. The molecule has 0 saturated carbocycles. The van der Waals surface area contributed by atoms with Gasteiger partial charge in [-0.1, -0.05) is 0 Å². The molecule has 1 aromatic rings. The summed E-state index contributed by atoms with van der Waals surface area (Å²) in [5.41, 5.74) is 1.29. The molecular weight excluding hydrogens is 329 g/mol. The quantitative estimate of drug-likeness (QED) is 0.763. The Balaban J connectivity index is 1.86. The monoisotopic (exact) mass is 344 g/mol. The molecule has 0 radical (unpaired) electrons. The normalized spacial score (nSPS) is 23.3. The van der Waals surface area contributed by atoms with Crippen LogP contribution in [0.5, 0.6) is 5.75 Å². The first-order chi connectivity index (χ1) is 10.8. The Labute approximate surface area is 135 Å². The van der Waals surface area contributed by atoms with Gasteiger partial charge < -0.3 is 20.5 Å². The summed E-state index contributed by atoms with van der Waals surface area (Å²) >= 11 is 1.03. The molecule has 2 aliphatic heterocycles. The van der Waals surface area contributed by atoms with Gasteiger partial charge in [0.1, 0.15) is 22.6 Å². The lowest BCUT2D eigenvalue weighted by Crippen LogP contribution is -2.41. The van der Waals surface area contributed by atoms with E-state index in [1.165, 1.54) is 6.08 Å². The predicted molar refractivity (Wildman–Crippen MR) is 84.4 cm³/mol. The van der Waals surface area contributed by atoms with E-state index in [1.54, 1.807) is 19.2 Å². The highest BCUT2D eigenvalue weighted by Crippen LogP contribution is 2.40. The summed E-state index contributed by atoms with van der Waals surface area (Å²) < 4.78 is 43.4. The number of benzene rings is 1. The number of thioether (sulfide) groups is 1. The van der Waals surface area contributed by atoms with Crippen molar-refractivity contribution in [3.05, 3.63) is 40.4 Å². The van der Waals surface area contributed by atoms with Gasteiger partial charge in [0, 0.05) is 16.5 Å². The van der Waals surface area contributed by atoms with E-state index in [4.69, 9.17) is 4.74 Å². The van der Waals surface area contributed by atoms with E-state index in [9.17, 15) is 18.3 Å². The van der Waals surface area contributed by atoms with Crippen LogP contribution in [-0.2, 0) is 0 Å². The van der Waals surface area contributed by atoms with Crippen LogP contribution in [-0.4, -0.2) is 29.8 Å². The Morgan fingerprint density at radius 1 is 1.26 bits per heavy atom. The van der Waals surface area contributed by atoms with Gasteiger partial charge in [0.2, 0.25) is 0 Å². The fraction of sp³-hybridized carbons (Fsp3) is 0.333. The van der Waals surface area contributed by atoms with Gasteiger partial charge in [0.05, 0.1) is 18.8 Å². The zero-order valence-electron chi connectivity index (χ0n) is 12.4. The average Bonchev–Trinajstić information content (AvgIpc) is 2.98. The van der Waals surface area contributed by atoms with Crippen LogP contribution in [0.1, 0.15) is 11.1 Å². The molecule has 0 spiro atoms. The lowest BCUT2D eigenvalue weighted by Gasteiger charge is -2.30. The van der Waals surface area contributed by atoms with Crippen LogP contribution in [0.4, 0.5) is 18.9 Å². The summed E-state index contributed by atoms with van der Waals surface area (Å²) in [6.07, 6.45) is -2.88. The Kier molecular flexibility index (Phi) is 3.87. The summed E-state index contributed by atoms with van der Waals surface area (Å²) in [7, 11) is 1.54. The predicted octanol–water partition coefficient (Wildman–Crippen LogP) is 3.76. The summed E-state index contributed by atoms with van der Waals surface area (Å²) in [4.78, 5) is 0. The second-order valence-electron chi connectivity index (χ2n) is 5.27. The smallest absolute Gasteiger partial charge is 0.431 e. The molecule has 0 bridgehead atoms. The lowest BCUT2D eigenvalue weighted by molar-refractivity contribution is -0.0962. The number of fused-ring (bicyclic) bond motifs is 1. The summed E-state index contributed by atoms with van der Waals surface area (Å²) in [5, 5.41) is 16.3. The minimum absolute atomic E-state index is 0.0392. The van der Waals surface area contributed by atoms with E-state index in [1.807, 2.05) is 6.92 Å². The molecule has 2 heterocycles. The van der Waals surface area contributed by atoms with E-state index >= 15 is 0 Å². The van der Waals surface area contributed by atoms with Crippen LogP contribution >= 0.6 is 11.8 Å². The van der Waals surface area contributed by atoms with Gasteiger partial charge in [-0.25, -0.2) is 0 Å². The third kappa shape index (κ3) is 2.83. The third-order valence-corrected chi connectivity index (χ3v) is 4.90. The van der Waals surface area contributed by atoms with Gasteiger partial charge in [-0.15, -0.1) is 11.8 Å². The topological polar surface area (TPSA) is 53.5 Å². The fourth-order valence-electron chi connectivity index (χ4n) is 2.63. The molecule has 2 unspecified atom stereocenters. The van der Waals surface area contributed by atoms with Crippen LogP contribution in [0.25, 0.3) is 5.76 Å². The molecule has 0 aliphatic carbocycles. The number of hydrogen-bond donors (Lipinski definition) is 3. The molecule has 0 amide bonds. The Morgan fingerprint density at radius 2 is 2.00 bits per heavy atom. The van der Waals surface area contributed by atoms with E-state index < -0.39 is 23.3 Å². The van der Waals surface area contributed by atoms with Crippen LogP contribution < -0.4 is 15.4 Å². The number of rotatable bonds is 2. The number of allylic oxidation sites excluding steroid dienone is 1. The number of methoxy groups -OCH3 is 1. The number of hydrogen-bond acceptors (Lipinski definition) is 5. The molecule has 124 valence electrons. The van der Waals surface area contributed by atoms with Crippen LogP contribution in [0.15, 0.2) is 29.3 Å². The Bertz CT molecular complexity index is 701. The Hall–Kier alpha value is -1.96. The molecule has 1 aromatic carbocycles. The molecule has 2 aliphatic rings. The van der Waals surface area contributed by atoms with Crippen molar-refractivity contribution in [2.45, 2.75) is 24.5 Å². The Morgan fingerprint density at radius 3 is 2.61 bits per heavy atom. The highest BCUT2D eigenvalue weighted by molar-refractivity contribution is 8.03. The maximum Gasteiger partial charge on any atom is 0.431 e. The minimum atomic E-state index is -4.40. The molecule has 0 aromatic heterocycles. The fourth-order valence-corrected chi connectivity index (χ4v) is 3.63. The standard InChI is InChI=1S/C15H15F3N2O2S/c1-7-11(22-2)4-3-8-10(21)5-9(19-13(7)8)14-20-12(6-23-14)15(16,17)18/h3-6,9,14,19-21H,1-2H3. The zero-order valence-corrected chi connectivity index (χ0v) is 13.2. The average molecular weight is 344 g/mol. The highest BCUT2D eigenvalue weighted by atomic mass is 32.2. The second-order valence-corrected chi connectivity index (χ2v) is 6.28. The minimum Gasteiger partial charge on any atom is -0.508 e.